The lowest BCUT2D eigenvalue weighted by atomic mass is 10.2. The molecule has 2 rings (SSSR count). The standard InChI is InChI=1S/C19H21N3O3/c1-13(2)24-19-20-12-11-18(22-19)25-17-9-7-16(8-10-17)6-5-14(3)21-15(4)23/h7-14H,1-4H3,(H,21,23). The normalized spacial score (nSPS) is 11.2. The lowest BCUT2D eigenvalue weighted by Crippen LogP contribution is -2.28. The lowest BCUT2D eigenvalue weighted by Gasteiger charge is -2.09. The fourth-order valence-electron chi connectivity index (χ4n) is 1.91. The van der Waals surface area contributed by atoms with Crippen LogP contribution in [0.15, 0.2) is 36.5 Å². The predicted octanol–water partition coefficient (Wildman–Crippen LogP) is 2.93. The van der Waals surface area contributed by atoms with Gasteiger partial charge in [-0.05, 0) is 45.0 Å². The molecule has 0 bridgehead atoms. The van der Waals surface area contributed by atoms with E-state index in [0.717, 1.165) is 5.56 Å². The topological polar surface area (TPSA) is 73.3 Å². The van der Waals surface area contributed by atoms with E-state index in [-0.39, 0.29) is 24.1 Å². The van der Waals surface area contributed by atoms with Gasteiger partial charge >= 0.3 is 6.01 Å². The fourth-order valence-corrected chi connectivity index (χ4v) is 1.91. The predicted molar refractivity (Wildman–Crippen MR) is 94.5 cm³/mol. The van der Waals surface area contributed by atoms with Gasteiger partial charge in [-0.2, -0.15) is 4.98 Å². The Hall–Kier alpha value is -3.07. The Labute approximate surface area is 147 Å². The Morgan fingerprint density at radius 2 is 1.88 bits per heavy atom. The van der Waals surface area contributed by atoms with Crippen molar-refractivity contribution in [1.29, 1.82) is 0 Å². The summed E-state index contributed by atoms with van der Waals surface area (Å²) >= 11 is 0. The van der Waals surface area contributed by atoms with Crippen LogP contribution in [0.25, 0.3) is 0 Å². The van der Waals surface area contributed by atoms with Gasteiger partial charge in [-0.15, -0.1) is 0 Å². The number of ether oxygens (including phenoxy) is 2. The quantitative estimate of drug-likeness (QED) is 0.848. The summed E-state index contributed by atoms with van der Waals surface area (Å²) in [6, 6.07) is 9.04. The molecule has 1 atom stereocenters. The number of benzene rings is 1. The second-order valence-electron chi connectivity index (χ2n) is 5.66. The number of hydrogen-bond acceptors (Lipinski definition) is 5. The molecule has 1 aromatic heterocycles. The van der Waals surface area contributed by atoms with Crippen molar-refractivity contribution in [2.75, 3.05) is 0 Å². The summed E-state index contributed by atoms with van der Waals surface area (Å²) < 4.78 is 11.1. The minimum atomic E-state index is -0.200. The number of carbonyl (C=O) groups is 1. The number of rotatable bonds is 5. The van der Waals surface area contributed by atoms with Crippen LogP contribution in [0, 0.1) is 11.8 Å². The fraction of sp³-hybridized carbons (Fsp3) is 0.316. The molecule has 0 radical (unpaired) electrons. The van der Waals surface area contributed by atoms with Crippen LogP contribution in [0.3, 0.4) is 0 Å². The Kier molecular flexibility index (Phi) is 6.35. The van der Waals surface area contributed by atoms with E-state index in [4.69, 9.17) is 9.47 Å². The highest BCUT2D eigenvalue weighted by Crippen LogP contribution is 2.21. The first-order valence-electron chi connectivity index (χ1n) is 7.98. The number of aromatic nitrogens is 2. The first kappa shape index (κ1) is 18.3. The van der Waals surface area contributed by atoms with Crippen molar-refractivity contribution in [1.82, 2.24) is 15.3 Å². The van der Waals surface area contributed by atoms with E-state index in [1.807, 2.05) is 32.9 Å². The lowest BCUT2D eigenvalue weighted by molar-refractivity contribution is -0.119. The van der Waals surface area contributed by atoms with Crippen molar-refractivity contribution in [3.05, 3.63) is 42.1 Å². The van der Waals surface area contributed by atoms with E-state index in [2.05, 4.69) is 27.1 Å². The average molecular weight is 339 g/mol. The highest BCUT2D eigenvalue weighted by Gasteiger charge is 2.05. The summed E-state index contributed by atoms with van der Waals surface area (Å²) in [5.74, 6) is 6.91. The summed E-state index contributed by atoms with van der Waals surface area (Å²) in [4.78, 5) is 19.2. The Bertz CT molecular complexity index is 776. The van der Waals surface area contributed by atoms with Gasteiger partial charge in [0.2, 0.25) is 11.8 Å². The molecule has 6 heteroatoms. The maximum absolute atomic E-state index is 11.0. The van der Waals surface area contributed by atoms with Crippen molar-refractivity contribution < 1.29 is 14.3 Å². The van der Waals surface area contributed by atoms with Crippen molar-refractivity contribution in [2.45, 2.75) is 39.8 Å². The average Bonchev–Trinajstić information content (AvgIpc) is 2.53. The van der Waals surface area contributed by atoms with Crippen LogP contribution >= 0.6 is 0 Å². The zero-order chi connectivity index (χ0) is 18.2. The molecular weight excluding hydrogens is 318 g/mol. The summed E-state index contributed by atoms with van der Waals surface area (Å²) in [7, 11) is 0. The molecule has 130 valence electrons. The molecule has 0 saturated heterocycles. The molecule has 0 aliphatic carbocycles. The molecule has 6 nitrogen and oxygen atoms in total. The third kappa shape index (κ3) is 6.51. The molecular formula is C19H21N3O3. The third-order valence-electron chi connectivity index (χ3n) is 2.88. The highest BCUT2D eigenvalue weighted by atomic mass is 16.5. The van der Waals surface area contributed by atoms with E-state index in [0.29, 0.717) is 11.6 Å². The van der Waals surface area contributed by atoms with E-state index in [1.165, 1.54) is 6.92 Å². The number of hydrogen-bond donors (Lipinski definition) is 1. The maximum Gasteiger partial charge on any atom is 0.319 e. The molecule has 2 aromatic rings. The highest BCUT2D eigenvalue weighted by molar-refractivity contribution is 5.73. The summed E-state index contributed by atoms with van der Waals surface area (Å²) in [5, 5.41) is 2.71. The van der Waals surface area contributed by atoms with Gasteiger partial charge < -0.3 is 14.8 Å². The van der Waals surface area contributed by atoms with Crippen LogP contribution in [0.1, 0.15) is 33.3 Å². The van der Waals surface area contributed by atoms with Crippen molar-refractivity contribution >= 4 is 5.91 Å². The molecule has 1 heterocycles. The van der Waals surface area contributed by atoms with E-state index >= 15 is 0 Å². The molecule has 0 aliphatic rings. The van der Waals surface area contributed by atoms with Crippen molar-refractivity contribution in [2.24, 2.45) is 0 Å². The number of nitrogens with one attached hydrogen (secondary N) is 1. The maximum atomic E-state index is 11.0. The Morgan fingerprint density at radius 1 is 1.16 bits per heavy atom. The van der Waals surface area contributed by atoms with Gasteiger partial charge in [-0.3, -0.25) is 4.79 Å². The van der Waals surface area contributed by atoms with Gasteiger partial charge in [0.05, 0.1) is 12.1 Å². The molecule has 0 spiro atoms. The number of carbonyl (C=O) groups excluding carboxylic acids is 1. The van der Waals surface area contributed by atoms with Gasteiger partial charge in [-0.25, -0.2) is 4.98 Å². The van der Waals surface area contributed by atoms with Gasteiger partial charge in [-0.1, -0.05) is 11.8 Å². The number of nitrogens with zero attached hydrogens (tertiary/aromatic N) is 2. The van der Waals surface area contributed by atoms with Crippen molar-refractivity contribution in [3.8, 4) is 29.5 Å². The third-order valence-corrected chi connectivity index (χ3v) is 2.88. The SMILES string of the molecule is CC(=O)NC(C)C#Cc1ccc(Oc2ccnc(OC(C)C)n2)cc1. The van der Waals surface area contributed by atoms with Gasteiger partial charge in [0.1, 0.15) is 5.75 Å². The van der Waals surface area contributed by atoms with Crippen LogP contribution in [0.4, 0.5) is 0 Å². The molecule has 1 amide bonds. The van der Waals surface area contributed by atoms with Crippen molar-refractivity contribution in [3.63, 3.8) is 0 Å². The van der Waals surface area contributed by atoms with E-state index in [9.17, 15) is 4.79 Å². The molecule has 1 N–H and O–H groups in total. The summed E-state index contributed by atoms with van der Waals surface area (Å²) in [6.45, 7) is 7.11. The zero-order valence-electron chi connectivity index (χ0n) is 14.7. The molecule has 25 heavy (non-hydrogen) atoms. The van der Waals surface area contributed by atoms with Crippen LogP contribution in [-0.2, 0) is 4.79 Å². The van der Waals surface area contributed by atoms with Crippen LogP contribution in [0.2, 0.25) is 0 Å². The summed E-state index contributed by atoms with van der Waals surface area (Å²) in [5.41, 5.74) is 0.830. The first-order valence-corrected chi connectivity index (χ1v) is 7.98. The second kappa shape index (κ2) is 8.69. The zero-order valence-corrected chi connectivity index (χ0v) is 14.7. The van der Waals surface area contributed by atoms with Gasteiger partial charge in [0.25, 0.3) is 0 Å². The largest absolute Gasteiger partial charge is 0.461 e. The summed E-state index contributed by atoms with van der Waals surface area (Å²) in [6.07, 6.45) is 1.58. The smallest absolute Gasteiger partial charge is 0.319 e. The van der Waals surface area contributed by atoms with Crippen LogP contribution in [0.5, 0.6) is 17.6 Å². The second-order valence-corrected chi connectivity index (χ2v) is 5.66. The Balaban J connectivity index is 2.01. The Morgan fingerprint density at radius 3 is 2.52 bits per heavy atom. The minimum absolute atomic E-state index is 0.00649. The molecule has 0 fully saturated rings. The monoisotopic (exact) mass is 339 g/mol. The first-order chi connectivity index (χ1) is 11.9. The van der Waals surface area contributed by atoms with Gasteiger partial charge in [0, 0.05) is 24.8 Å². The minimum Gasteiger partial charge on any atom is -0.461 e. The molecule has 1 unspecified atom stereocenters. The number of amides is 1. The van der Waals surface area contributed by atoms with Crippen LogP contribution in [-0.4, -0.2) is 28.0 Å². The molecule has 0 aliphatic heterocycles. The van der Waals surface area contributed by atoms with E-state index in [1.54, 1.807) is 24.4 Å². The van der Waals surface area contributed by atoms with Crippen LogP contribution < -0.4 is 14.8 Å². The van der Waals surface area contributed by atoms with E-state index < -0.39 is 0 Å². The molecule has 0 saturated carbocycles. The molecule has 1 aromatic carbocycles. The van der Waals surface area contributed by atoms with Gasteiger partial charge in [0.15, 0.2) is 0 Å².